The van der Waals surface area contributed by atoms with E-state index in [-0.39, 0.29) is 11.6 Å². The molecule has 0 unspecified atom stereocenters. The molecule has 1 atom stereocenters. The normalized spacial score (nSPS) is 18.2. The molecule has 1 saturated heterocycles. The van der Waals surface area contributed by atoms with Crippen LogP contribution in [0.5, 0.6) is 0 Å². The SMILES string of the molecule is O=C(c1cc(F)cc(C(F)(F)F)c1)N1CCC[C@H]1Cn1ccnn1. The van der Waals surface area contributed by atoms with Crippen molar-refractivity contribution in [2.75, 3.05) is 6.54 Å². The number of aromatic nitrogens is 3. The maximum absolute atomic E-state index is 13.5. The Kier molecular flexibility index (Phi) is 4.25. The fourth-order valence-electron chi connectivity index (χ4n) is 2.88. The van der Waals surface area contributed by atoms with Gasteiger partial charge in [-0.2, -0.15) is 13.2 Å². The molecule has 1 aliphatic heterocycles. The lowest BCUT2D eigenvalue weighted by Gasteiger charge is -2.25. The molecule has 1 aromatic carbocycles. The van der Waals surface area contributed by atoms with E-state index in [1.807, 2.05) is 0 Å². The van der Waals surface area contributed by atoms with E-state index >= 15 is 0 Å². The van der Waals surface area contributed by atoms with Crippen molar-refractivity contribution in [1.82, 2.24) is 19.9 Å². The average molecular weight is 342 g/mol. The summed E-state index contributed by atoms with van der Waals surface area (Å²) in [7, 11) is 0. The molecular formula is C15H14F4N4O. The number of hydrogen-bond donors (Lipinski definition) is 0. The first-order valence-corrected chi connectivity index (χ1v) is 7.37. The summed E-state index contributed by atoms with van der Waals surface area (Å²) in [5.74, 6) is -1.69. The molecule has 0 saturated carbocycles. The van der Waals surface area contributed by atoms with E-state index in [1.54, 1.807) is 10.9 Å². The summed E-state index contributed by atoms with van der Waals surface area (Å²) in [5.41, 5.74) is -1.47. The average Bonchev–Trinajstić information content (AvgIpc) is 3.17. The van der Waals surface area contributed by atoms with Crippen molar-refractivity contribution in [1.29, 1.82) is 0 Å². The van der Waals surface area contributed by atoms with Gasteiger partial charge in [0, 0.05) is 18.3 Å². The van der Waals surface area contributed by atoms with Crippen LogP contribution in [0.15, 0.2) is 30.6 Å². The fourth-order valence-corrected chi connectivity index (χ4v) is 2.88. The van der Waals surface area contributed by atoms with Crippen LogP contribution in [0, 0.1) is 5.82 Å². The molecule has 1 aromatic heterocycles. The zero-order chi connectivity index (χ0) is 17.3. The maximum atomic E-state index is 13.5. The molecule has 1 fully saturated rings. The number of amides is 1. The second-order valence-electron chi connectivity index (χ2n) is 5.65. The van der Waals surface area contributed by atoms with Crippen LogP contribution in [-0.2, 0) is 12.7 Å². The molecule has 0 bridgehead atoms. The van der Waals surface area contributed by atoms with Crippen LogP contribution in [0.4, 0.5) is 17.6 Å². The molecule has 2 heterocycles. The Morgan fingerprint density at radius 1 is 1.29 bits per heavy atom. The molecule has 24 heavy (non-hydrogen) atoms. The Hall–Kier alpha value is -2.45. The molecule has 0 aliphatic carbocycles. The Bertz CT molecular complexity index is 730. The molecule has 2 aromatic rings. The number of halogens is 4. The van der Waals surface area contributed by atoms with Crippen molar-refractivity contribution >= 4 is 5.91 Å². The quantitative estimate of drug-likeness (QED) is 0.806. The fraction of sp³-hybridized carbons (Fsp3) is 0.400. The maximum Gasteiger partial charge on any atom is 0.416 e. The monoisotopic (exact) mass is 342 g/mol. The van der Waals surface area contributed by atoms with Gasteiger partial charge in [0.15, 0.2) is 0 Å². The highest BCUT2D eigenvalue weighted by Gasteiger charge is 2.34. The lowest BCUT2D eigenvalue weighted by atomic mass is 10.1. The minimum atomic E-state index is -4.71. The first-order chi connectivity index (χ1) is 11.3. The number of hydrogen-bond acceptors (Lipinski definition) is 3. The number of carbonyl (C=O) groups is 1. The number of benzene rings is 1. The number of nitrogens with zero attached hydrogens (tertiary/aromatic N) is 4. The van der Waals surface area contributed by atoms with Gasteiger partial charge in [-0.1, -0.05) is 5.21 Å². The van der Waals surface area contributed by atoms with Crippen LogP contribution in [0.3, 0.4) is 0 Å². The number of carbonyl (C=O) groups excluding carboxylic acids is 1. The molecule has 5 nitrogen and oxygen atoms in total. The Balaban J connectivity index is 1.84. The van der Waals surface area contributed by atoms with Crippen molar-refractivity contribution in [2.45, 2.75) is 31.6 Å². The molecular weight excluding hydrogens is 328 g/mol. The topological polar surface area (TPSA) is 51.0 Å². The second kappa shape index (κ2) is 6.21. The molecule has 3 rings (SSSR count). The van der Waals surface area contributed by atoms with Gasteiger partial charge >= 0.3 is 6.18 Å². The molecule has 1 amide bonds. The number of alkyl halides is 3. The summed E-state index contributed by atoms with van der Waals surface area (Å²) < 4.78 is 53.5. The smallest absolute Gasteiger partial charge is 0.334 e. The Labute approximate surface area is 134 Å². The van der Waals surface area contributed by atoms with Crippen LogP contribution in [0.1, 0.15) is 28.8 Å². The third-order valence-electron chi connectivity index (χ3n) is 3.98. The first kappa shape index (κ1) is 16.4. The zero-order valence-corrected chi connectivity index (χ0v) is 12.5. The van der Waals surface area contributed by atoms with Gasteiger partial charge in [-0.3, -0.25) is 9.48 Å². The van der Waals surface area contributed by atoms with Gasteiger partial charge in [0.05, 0.1) is 24.3 Å². The first-order valence-electron chi connectivity index (χ1n) is 7.37. The zero-order valence-electron chi connectivity index (χ0n) is 12.5. The molecule has 0 N–H and O–H groups in total. The number of rotatable bonds is 3. The van der Waals surface area contributed by atoms with Gasteiger partial charge in [-0.15, -0.1) is 5.10 Å². The van der Waals surface area contributed by atoms with Gasteiger partial charge in [0.2, 0.25) is 0 Å². The Morgan fingerprint density at radius 3 is 2.75 bits per heavy atom. The summed E-state index contributed by atoms with van der Waals surface area (Å²) in [6.07, 6.45) is -0.129. The Morgan fingerprint density at radius 2 is 2.08 bits per heavy atom. The lowest BCUT2D eigenvalue weighted by molar-refractivity contribution is -0.137. The van der Waals surface area contributed by atoms with E-state index in [9.17, 15) is 22.4 Å². The molecule has 0 spiro atoms. The second-order valence-corrected chi connectivity index (χ2v) is 5.65. The number of likely N-dealkylation sites (tertiary alicyclic amines) is 1. The van der Waals surface area contributed by atoms with Gasteiger partial charge in [-0.25, -0.2) is 4.39 Å². The highest BCUT2D eigenvalue weighted by Crippen LogP contribution is 2.31. The van der Waals surface area contributed by atoms with Gasteiger partial charge < -0.3 is 4.90 Å². The van der Waals surface area contributed by atoms with Gasteiger partial charge in [0.25, 0.3) is 5.91 Å². The van der Waals surface area contributed by atoms with Crippen molar-refractivity contribution in [3.8, 4) is 0 Å². The largest absolute Gasteiger partial charge is 0.416 e. The third-order valence-corrected chi connectivity index (χ3v) is 3.98. The minimum absolute atomic E-state index is 0.211. The van der Waals surface area contributed by atoms with E-state index < -0.39 is 23.5 Å². The molecule has 128 valence electrons. The van der Waals surface area contributed by atoms with Crippen LogP contribution in [0.2, 0.25) is 0 Å². The summed E-state index contributed by atoms with van der Waals surface area (Å²) >= 11 is 0. The van der Waals surface area contributed by atoms with Crippen molar-refractivity contribution in [3.05, 3.63) is 47.5 Å². The van der Waals surface area contributed by atoms with Crippen molar-refractivity contribution in [3.63, 3.8) is 0 Å². The van der Waals surface area contributed by atoms with Crippen LogP contribution >= 0.6 is 0 Å². The van der Waals surface area contributed by atoms with E-state index in [4.69, 9.17) is 0 Å². The molecule has 0 radical (unpaired) electrons. The minimum Gasteiger partial charge on any atom is -0.334 e. The lowest BCUT2D eigenvalue weighted by Crippen LogP contribution is -2.38. The van der Waals surface area contributed by atoms with Crippen LogP contribution in [0.25, 0.3) is 0 Å². The van der Waals surface area contributed by atoms with E-state index in [1.165, 1.54) is 11.1 Å². The third kappa shape index (κ3) is 3.39. The summed E-state index contributed by atoms with van der Waals surface area (Å²) in [6.45, 7) is 0.809. The predicted molar refractivity (Wildman–Crippen MR) is 75.5 cm³/mol. The van der Waals surface area contributed by atoms with Crippen molar-refractivity contribution < 1.29 is 22.4 Å². The van der Waals surface area contributed by atoms with Gasteiger partial charge in [0.1, 0.15) is 5.82 Å². The highest BCUT2D eigenvalue weighted by atomic mass is 19.4. The van der Waals surface area contributed by atoms with Crippen LogP contribution < -0.4 is 0 Å². The van der Waals surface area contributed by atoms with E-state index in [0.717, 1.165) is 12.5 Å². The van der Waals surface area contributed by atoms with Crippen LogP contribution in [-0.4, -0.2) is 38.4 Å². The van der Waals surface area contributed by atoms with E-state index in [0.29, 0.717) is 31.6 Å². The van der Waals surface area contributed by atoms with Crippen molar-refractivity contribution in [2.24, 2.45) is 0 Å². The molecule has 9 heteroatoms. The highest BCUT2D eigenvalue weighted by molar-refractivity contribution is 5.94. The van der Waals surface area contributed by atoms with E-state index in [2.05, 4.69) is 10.3 Å². The van der Waals surface area contributed by atoms with Gasteiger partial charge in [-0.05, 0) is 31.0 Å². The summed E-state index contributed by atoms with van der Waals surface area (Å²) in [6, 6.07) is 1.70. The summed E-state index contributed by atoms with van der Waals surface area (Å²) in [4.78, 5) is 14.0. The molecule has 1 aliphatic rings. The standard InChI is InChI=1S/C15H14F4N4O/c16-12-7-10(6-11(8-12)15(17,18)19)14(24)23-4-1-2-13(23)9-22-5-3-20-21-22/h3,5-8,13H,1-2,4,9H2/t13-/m0/s1. The predicted octanol–water partition coefficient (Wildman–Crippen LogP) is 2.74. The summed E-state index contributed by atoms with van der Waals surface area (Å²) in [5, 5.41) is 7.50.